The summed E-state index contributed by atoms with van der Waals surface area (Å²) < 4.78 is 19.4. The molecule has 0 fully saturated rings. The molecular weight excluding hydrogens is 446 g/mol. The Morgan fingerprint density at radius 2 is 1.81 bits per heavy atom. The second-order valence-corrected chi connectivity index (χ2v) is 5.77. The zero-order valence-corrected chi connectivity index (χ0v) is 17.9. The number of anilines is 1. The Balaban J connectivity index is 0.00000338. The van der Waals surface area contributed by atoms with Crippen molar-refractivity contribution in [1.82, 2.24) is 10.6 Å². The number of nitrogens with zero attached hydrogens (tertiary/aromatic N) is 2. The van der Waals surface area contributed by atoms with Crippen LogP contribution in [0, 0.1) is 5.82 Å². The Hall–Kier alpha value is -2.03. The van der Waals surface area contributed by atoms with Crippen LogP contribution in [0.5, 0.6) is 5.75 Å². The number of rotatable bonds is 6. The predicted octanol–water partition coefficient (Wildman–Crippen LogP) is 3.38. The van der Waals surface area contributed by atoms with Gasteiger partial charge in [0.2, 0.25) is 0 Å². The predicted molar refractivity (Wildman–Crippen MR) is 116 cm³/mol. The van der Waals surface area contributed by atoms with Crippen molar-refractivity contribution in [2.45, 2.75) is 13.1 Å². The molecule has 7 heteroatoms. The molecule has 0 aromatic heterocycles. The Bertz CT molecular complexity index is 737. The standard InChI is InChI=1S/C19H25FN4O.HI/c1-21-19(23-13-15-7-5-6-8-18(15)25-4)22-12-14-9-10-17(24(2)3)16(20)11-14;/h5-11H,12-13H2,1-4H3,(H2,21,22,23);1H. The Labute approximate surface area is 171 Å². The largest absolute Gasteiger partial charge is 0.496 e. The summed E-state index contributed by atoms with van der Waals surface area (Å²) in [5.41, 5.74) is 2.46. The summed E-state index contributed by atoms with van der Waals surface area (Å²) in [5.74, 6) is 1.23. The van der Waals surface area contributed by atoms with E-state index >= 15 is 0 Å². The van der Waals surface area contributed by atoms with Gasteiger partial charge < -0.3 is 20.3 Å². The maximum absolute atomic E-state index is 14.0. The van der Waals surface area contributed by atoms with Crippen molar-refractivity contribution < 1.29 is 9.13 Å². The third-order valence-electron chi connectivity index (χ3n) is 3.82. The summed E-state index contributed by atoms with van der Waals surface area (Å²) in [4.78, 5) is 5.94. The zero-order chi connectivity index (χ0) is 18.2. The van der Waals surface area contributed by atoms with Crippen LogP contribution in [0.15, 0.2) is 47.5 Å². The fourth-order valence-electron chi connectivity index (χ4n) is 2.46. The van der Waals surface area contributed by atoms with Crippen molar-refractivity contribution >= 4 is 35.6 Å². The average Bonchev–Trinajstić information content (AvgIpc) is 2.61. The normalized spacial score (nSPS) is 10.7. The van der Waals surface area contributed by atoms with Gasteiger partial charge in [0, 0.05) is 39.8 Å². The van der Waals surface area contributed by atoms with Gasteiger partial charge in [-0.1, -0.05) is 24.3 Å². The summed E-state index contributed by atoms with van der Waals surface area (Å²) in [7, 11) is 6.99. The molecule has 2 N–H and O–H groups in total. The smallest absolute Gasteiger partial charge is 0.191 e. The summed E-state index contributed by atoms with van der Waals surface area (Å²) >= 11 is 0. The average molecular weight is 472 g/mol. The Kier molecular flexibility index (Phi) is 9.18. The highest BCUT2D eigenvalue weighted by Gasteiger charge is 2.07. The number of aliphatic imine (C=N–C) groups is 1. The zero-order valence-electron chi connectivity index (χ0n) is 15.5. The van der Waals surface area contributed by atoms with Crippen molar-refractivity contribution in [3.05, 3.63) is 59.4 Å². The topological polar surface area (TPSA) is 48.9 Å². The maximum atomic E-state index is 14.0. The molecule has 2 rings (SSSR count). The molecule has 0 bridgehead atoms. The fourth-order valence-corrected chi connectivity index (χ4v) is 2.46. The van der Waals surface area contributed by atoms with Crippen LogP contribution in [0.2, 0.25) is 0 Å². The molecule has 2 aromatic rings. The fraction of sp³-hybridized carbons (Fsp3) is 0.316. The third kappa shape index (κ3) is 6.05. The molecule has 2 aromatic carbocycles. The molecule has 142 valence electrons. The molecule has 0 aliphatic rings. The molecule has 0 radical (unpaired) electrons. The van der Waals surface area contributed by atoms with Crippen molar-refractivity contribution in [1.29, 1.82) is 0 Å². The van der Waals surface area contributed by atoms with E-state index in [1.165, 1.54) is 6.07 Å². The van der Waals surface area contributed by atoms with Gasteiger partial charge in [0.25, 0.3) is 0 Å². The van der Waals surface area contributed by atoms with Crippen LogP contribution in [0.25, 0.3) is 0 Å². The van der Waals surface area contributed by atoms with Crippen LogP contribution >= 0.6 is 24.0 Å². The molecule has 26 heavy (non-hydrogen) atoms. The van der Waals surface area contributed by atoms with Crippen LogP contribution in [-0.2, 0) is 13.1 Å². The summed E-state index contributed by atoms with van der Waals surface area (Å²) in [6.45, 7) is 1.06. The molecular formula is C19H26FIN4O. The van der Waals surface area contributed by atoms with Gasteiger partial charge in [-0.3, -0.25) is 4.99 Å². The summed E-state index contributed by atoms with van der Waals surface area (Å²) in [6, 6.07) is 13.0. The van der Waals surface area contributed by atoms with E-state index in [-0.39, 0.29) is 29.8 Å². The molecule has 0 spiro atoms. The van der Waals surface area contributed by atoms with Crippen molar-refractivity contribution in [3.63, 3.8) is 0 Å². The van der Waals surface area contributed by atoms with Crippen LogP contribution in [0.3, 0.4) is 0 Å². The molecule has 0 unspecified atom stereocenters. The second-order valence-electron chi connectivity index (χ2n) is 5.77. The molecule has 0 aliphatic heterocycles. The van der Waals surface area contributed by atoms with Gasteiger partial charge in [-0.2, -0.15) is 0 Å². The van der Waals surface area contributed by atoms with Gasteiger partial charge >= 0.3 is 0 Å². The van der Waals surface area contributed by atoms with Crippen LogP contribution in [0.4, 0.5) is 10.1 Å². The first-order valence-electron chi connectivity index (χ1n) is 8.07. The highest BCUT2D eigenvalue weighted by molar-refractivity contribution is 14.0. The monoisotopic (exact) mass is 472 g/mol. The van der Waals surface area contributed by atoms with Gasteiger partial charge in [0.15, 0.2) is 5.96 Å². The minimum atomic E-state index is -0.235. The van der Waals surface area contributed by atoms with Gasteiger partial charge in [0.05, 0.1) is 12.8 Å². The van der Waals surface area contributed by atoms with Crippen LogP contribution in [-0.4, -0.2) is 34.2 Å². The number of halogens is 2. The number of methoxy groups -OCH3 is 1. The number of benzene rings is 2. The van der Waals surface area contributed by atoms with Gasteiger partial charge in [-0.15, -0.1) is 24.0 Å². The first-order chi connectivity index (χ1) is 12.0. The lowest BCUT2D eigenvalue weighted by atomic mass is 10.2. The molecule has 0 heterocycles. The second kappa shape index (κ2) is 10.8. The number of hydrogen-bond donors (Lipinski definition) is 2. The van der Waals surface area contributed by atoms with Crippen molar-refractivity contribution in [2.24, 2.45) is 4.99 Å². The minimum absolute atomic E-state index is 0. The minimum Gasteiger partial charge on any atom is -0.496 e. The lowest BCUT2D eigenvalue weighted by Gasteiger charge is -2.16. The molecule has 0 amide bonds. The summed E-state index contributed by atoms with van der Waals surface area (Å²) in [5, 5.41) is 6.42. The van der Waals surface area contributed by atoms with Crippen molar-refractivity contribution in [3.8, 4) is 5.75 Å². The van der Waals surface area contributed by atoms with Crippen LogP contribution < -0.4 is 20.3 Å². The van der Waals surface area contributed by atoms with E-state index in [1.54, 1.807) is 25.1 Å². The SMILES string of the molecule is CN=C(NCc1ccc(N(C)C)c(F)c1)NCc1ccccc1OC.I. The van der Waals surface area contributed by atoms with E-state index in [0.29, 0.717) is 24.7 Å². The van der Waals surface area contributed by atoms with E-state index < -0.39 is 0 Å². The number of ether oxygens (including phenoxy) is 1. The molecule has 0 saturated carbocycles. The van der Waals surface area contributed by atoms with E-state index in [0.717, 1.165) is 16.9 Å². The molecule has 5 nitrogen and oxygen atoms in total. The van der Waals surface area contributed by atoms with E-state index in [2.05, 4.69) is 15.6 Å². The molecule has 0 aliphatic carbocycles. The number of nitrogens with one attached hydrogen (secondary N) is 2. The Morgan fingerprint density at radius 3 is 2.42 bits per heavy atom. The first kappa shape index (κ1) is 22.0. The van der Waals surface area contributed by atoms with Crippen LogP contribution in [0.1, 0.15) is 11.1 Å². The Morgan fingerprint density at radius 1 is 1.12 bits per heavy atom. The molecule has 0 atom stereocenters. The molecule has 0 saturated heterocycles. The number of para-hydroxylation sites is 1. The quantitative estimate of drug-likeness (QED) is 0.385. The highest BCUT2D eigenvalue weighted by Crippen LogP contribution is 2.18. The van der Waals surface area contributed by atoms with Crippen molar-refractivity contribution in [2.75, 3.05) is 33.2 Å². The van der Waals surface area contributed by atoms with E-state index in [9.17, 15) is 4.39 Å². The van der Waals surface area contributed by atoms with Gasteiger partial charge in [-0.05, 0) is 23.8 Å². The van der Waals surface area contributed by atoms with E-state index in [4.69, 9.17) is 4.74 Å². The third-order valence-corrected chi connectivity index (χ3v) is 3.82. The number of guanidine groups is 1. The van der Waals surface area contributed by atoms with Gasteiger partial charge in [-0.25, -0.2) is 4.39 Å². The van der Waals surface area contributed by atoms with E-state index in [1.807, 2.05) is 44.4 Å². The highest BCUT2D eigenvalue weighted by atomic mass is 127. The number of hydrogen-bond acceptors (Lipinski definition) is 3. The first-order valence-corrected chi connectivity index (χ1v) is 8.07. The maximum Gasteiger partial charge on any atom is 0.191 e. The lowest BCUT2D eigenvalue weighted by molar-refractivity contribution is 0.409. The lowest BCUT2D eigenvalue weighted by Crippen LogP contribution is -2.36. The summed E-state index contributed by atoms with van der Waals surface area (Å²) in [6.07, 6.45) is 0. The van der Waals surface area contributed by atoms with Gasteiger partial charge in [0.1, 0.15) is 11.6 Å².